The second-order valence-corrected chi connectivity index (χ2v) is 10.2. The van der Waals surface area contributed by atoms with Crippen LogP contribution in [0.15, 0.2) is 93.9 Å². The molecule has 0 fully saturated rings. The van der Waals surface area contributed by atoms with Gasteiger partial charge in [0.15, 0.2) is 11.5 Å². The van der Waals surface area contributed by atoms with Crippen LogP contribution in [0.2, 0.25) is 0 Å². The molecule has 0 aliphatic carbocycles. The number of non-ortho nitro benzene ring substituents is 1. The quantitative estimate of drug-likeness (QED) is 0.141. The number of hydrogen-bond acceptors (Lipinski definition) is 8. The van der Waals surface area contributed by atoms with E-state index >= 15 is 0 Å². The van der Waals surface area contributed by atoms with E-state index in [1.165, 1.54) is 55.8 Å². The van der Waals surface area contributed by atoms with Crippen molar-refractivity contribution in [3.8, 4) is 11.5 Å². The summed E-state index contributed by atoms with van der Waals surface area (Å²) in [6.45, 7) is 3.19. The smallest absolute Gasteiger partial charge is 0.271 e. The number of anilines is 1. The zero-order chi connectivity index (χ0) is 27.7. The van der Waals surface area contributed by atoms with E-state index in [0.29, 0.717) is 21.5 Å². The number of hydrogen-bond donors (Lipinski definition) is 1. The topological polar surface area (TPSA) is 140 Å². The lowest BCUT2D eigenvalue weighted by Crippen LogP contribution is -2.39. The highest BCUT2D eigenvalue weighted by molar-refractivity contribution is 9.10. The third-order valence-electron chi connectivity index (χ3n) is 4.95. The molecule has 0 aliphatic rings. The van der Waals surface area contributed by atoms with Crippen molar-refractivity contribution in [2.45, 2.75) is 4.90 Å². The number of nitrogens with zero attached hydrogens (tertiary/aromatic N) is 3. The van der Waals surface area contributed by atoms with Gasteiger partial charge in [-0.05, 0) is 51.8 Å². The van der Waals surface area contributed by atoms with Crippen LogP contribution in [0, 0.1) is 10.1 Å². The van der Waals surface area contributed by atoms with Crippen molar-refractivity contribution in [3.63, 3.8) is 0 Å². The standard InChI is InChI=1S/C25H23BrN4O7S/c1-3-12-37-25-22(26)13-18(14-23(25)36-2)16-27-28-24(31)17-29(19-8-7-9-20(15-19)30(32)33)38(34,35)21-10-5-4-6-11-21/h3-11,13-16H,1,12,17H2,2H3,(H,28,31)/b27-16-. The summed E-state index contributed by atoms with van der Waals surface area (Å²) < 4.78 is 39.0. The number of methoxy groups -OCH3 is 1. The average molecular weight is 603 g/mol. The summed E-state index contributed by atoms with van der Waals surface area (Å²) in [6.07, 6.45) is 2.93. The summed E-state index contributed by atoms with van der Waals surface area (Å²) in [5.74, 6) is 0.108. The van der Waals surface area contributed by atoms with Gasteiger partial charge in [0.1, 0.15) is 13.2 Å². The minimum Gasteiger partial charge on any atom is -0.493 e. The van der Waals surface area contributed by atoms with Gasteiger partial charge in [0.25, 0.3) is 21.6 Å². The highest BCUT2D eigenvalue weighted by Gasteiger charge is 2.28. The molecule has 38 heavy (non-hydrogen) atoms. The number of ether oxygens (including phenoxy) is 2. The fraction of sp³-hybridized carbons (Fsp3) is 0.120. The van der Waals surface area contributed by atoms with Gasteiger partial charge in [-0.2, -0.15) is 5.10 Å². The first-order valence-electron chi connectivity index (χ1n) is 10.9. The fourth-order valence-corrected chi connectivity index (χ4v) is 5.25. The number of halogens is 1. The molecule has 0 spiro atoms. The molecule has 0 bridgehead atoms. The lowest BCUT2D eigenvalue weighted by molar-refractivity contribution is -0.384. The van der Waals surface area contributed by atoms with Gasteiger partial charge in [-0.15, -0.1) is 0 Å². The summed E-state index contributed by atoms with van der Waals surface area (Å²) in [4.78, 5) is 23.3. The number of nitro groups is 1. The van der Waals surface area contributed by atoms with Crippen LogP contribution in [0.4, 0.5) is 11.4 Å². The van der Waals surface area contributed by atoms with E-state index in [9.17, 15) is 23.3 Å². The summed E-state index contributed by atoms with van der Waals surface area (Å²) >= 11 is 3.40. The molecule has 1 amide bonds. The minimum absolute atomic E-state index is 0.0500. The van der Waals surface area contributed by atoms with Crippen LogP contribution < -0.4 is 19.2 Å². The maximum atomic E-state index is 13.4. The van der Waals surface area contributed by atoms with E-state index in [-0.39, 0.29) is 22.9 Å². The van der Waals surface area contributed by atoms with E-state index in [4.69, 9.17) is 9.47 Å². The Kier molecular flexibility index (Phi) is 9.57. The molecule has 3 rings (SSSR count). The Morgan fingerprint density at radius 1 is 1.18 bits per heavy atom. The maximum Gasteiger partial charge on any atom is 0.271 e. The van der Waals surface area contributed by atoms with E-state index in [1.54, 1.807) is 24.3 Å². The third kappa shape index (κ3) is 6.95. The van der Waals surface area contributed by atoms with E-state index < -0.39 is 27.4 Å². The number of rotatable bonds is 12. The molecule has 0 unspecified atom stereocenters. The van der Waals surface area contributed by atoms with Crippen LogP contribution in [0.25, 0.3) is 0 Å². The van der Waals surface area contributed by atoms with Crippen LogP contribution in [0.1, 0.15) is 5.56 Å². The molecule has 0 saturated carbocycles. The summed E-state index contributed by atoms with van der Waals surface area (Å²) in [5, 5.41) is 15.2. The number of sulfonamides is 1. The molecule has 3 aromatic rings. The molecule has 198 valence electrons. The van der Waals surface area contributed by atoms with Crippen molar-refractivity contribution in [2.24, 2.45) is 5.10 Å². The number of carbonyl (C=O) groups is 1. The third-order valence-corrected chi connectivity index (χ3v) is 7.32. The van der Waals surface area contributed by atoms with Crippen molar-refractivity contribution >= 4 is 49.4 Å². The molecule has 13 heteroatoms. The van der Waals surface area contributed by atoms with Gasteiger partial charge in [0.2, 0.25) is 0 Å². The largest absolute Gasteiger partial charge is 0.493 e. The van der Waals surface area contributed by atoms with Crippen molar-refractivity contribution in [3.05, 3.63) is 99.5 Å². The predicted molar refractivity (Wildman–Crippen MR) is 146 cm³/mol. The lowest BCUT2D eigenvalue weighted by atomic mass is 10.2. The number of carbonyl (C=O) groups excluding carboxylic acids is 1. The number of benzene rings is 3. The molecule has 0 radical (unpaired) electrons. The molecule has 0 saturated heterocycles. The highest BCUT2D eigenvalue weighted by atomic mass is 79.9. The minimum atomic E-state index is -4.24. The first-order chi connectivity index (χ1) is 18.2. The zero-order valence-electron chi connectivity index (χ0n) is 20.1. The number of nitrogens with one attached hydrogen (secondary N) is 1. The number of hydrazone groups is 1. The van der Waals surface area contributed by atoms with Gasteiger partial charge in [-0.1, -0.05) is 36.9 Å². The molecule has 0 aliphatic heterocycles. The molecular formula is C25H23BrN4O7S. The second kappa shape index (κ2) is 12.8. The molecule has 11 nitrogen and oxygen atoms in total. The first kappa shape index (κ1) is 28.3. The summed E-state index contributed by atoms with van der Waals surface area (Å²) in [7, 11) is -2.77. The second-order valence-electron chi connectivity index (χ2n) is 7.53. The molecule has 0 atom stereocenters. The normalized spacial score (nSPS) is 11.1. The van der Waals surface area contributed by atoms with Crippen molar-refractivity contribution in [1.29, 1.82) is 0 Å². The molecule has 0 aromatic heterocycles. The fourth-order valence-electron chi connectivity index (χ4n) is 3.24. The molecular weight excluding hydrogens is 580 g/mol. The van der Waals surface area contributed by atoms with E-state index in [0.717, 1.165) is 10.4 Å². The van der Waals surface area contributed by atoms with Crippen LogP contribution >= 0.6 is 15.9 Å². The molecule has 3 aromatic carbocycles. The number of amides is 1. The Hall–Kier alpha value is -4.23. The van der Waals surface area contributed by atoms with E-state index in [1.807, 2.05) is 0 Å². The summed E-state index contributed by atoms with van der Waals surface area (Å²) in [5.41, 5.74) is 2.46. The Morgan fingerprint density at radius 2 is 1.92 bits per heavy atom. The Balaban J connectivity index is 1.84. The SMILES string of the molecule is C=CCOc1c(Br)cc(/C=N\NC(=O)CN(c2cccc([N+](=O)[O-])c2)S(=O)(=O)c2ccccc2)cc1OC. The lowest BCUT2D eigenvalue weighted by Gasteiger charge is -2.23. The van der Waals surface area contributed by atoms with Gasteiger partial charge in [-0.25, -0.2) is 13.8 Å². The Bertz CT molecular complexity index is 1460. The van der Waals surface area contributed by atoms with Crippen LogP contribution in [0.5, 0.6) is 11.5 Å². The first-order valence-corrected chi connectivity index (χ1v) is 13.2. The average Bonchev–Trinajstić information content (AvgIpc) is 2.91. The maximum absolute atomic E-state index is 13.4. The predicted octanol–water partition coefficient (Wildman–Crippen LogP) is 4.28. The highest BCUT2D eigenvalue weighted by Crippen LogP contribution is 2.36. The summed E-state index contributed by atoms with van der Waals surface area (Å²) in [6, 6.07) is 15.8. The van der Waals surface area contributed by atoms with Crippen molar-refractivity contribution < 1.29 is 27.6 Å². The molecule has 1 N–H and O–H groups in total. The van der Waals surface area contributed by atoms with Crippen LogP contribution in [-0.4, -0.2) is 45.7 Å². The Morgan fingerprint density at radius 3 is 2.58 bits per heavy atom. The van der Waals surface area contributed by atoms with Crippen molar-refractivity contribution in [1.82, 2.24) is 5.43 Å². The monoisotopic (exact) mass is 602 g/mol. The van der Waals surface area contributed by atoms with Gasteiger partial charge in [0, 0.05) is 12.1 Å². The van der Waals surface area contributed by atoms with Crippen molar-refractivity contribution in [2.75, 3.05) is 24.6 Å². The van der Waals surface area contributed by atoms with Crippen LogP contribution in [-0.2, 0) is 14.8 Å². The van der Waals surface area contributed by atoms with Gasteiger partial charge < -0.3 is 9.47 Å². The van der Waals surface area contributed by atoms with E-state index in [2.05, 4.69) is 33.0 Å². The van der Waals surface area contributed by atoms with Crippen LogP contribution in [0.3, 0.4) is 0 Å². The van der Waals surface area contributed by atoms with Gasteiger partial charge in [-0.3, -0.25) is 19.2 Å². The van der Waals surface area contributed by atoms with Gasteiger partial charge in [0.05, 0.1) is 33.3 Å². The number of nitro benzene ring substituents is 1. The Labute approximate surface area is 227 Å². The van der Waals surface area contributed by atoms with Gasteiger partial charge >= 0.3 is 0 Å². The zero-order valence-corrected chi connectivity index (χ0v) is 22.5. The molecule has 0 heterocycles.